The molecular weight excluding hydrogens is 196 g/mol. The van der Waals surface area contributed by atoms with E-state index in [1.165, 1.54) is 19.1 Å². The largest absolute Gasteiger partial charge is 0.506 e. The van der Waals surface area contributed by atoms with E-state index in [1.807, 2.05) is 0 Å². The Labute approximate surface area is 87.3 Å². The third-order valence-corrected chi connectivity index (χ3v) is 2.15. The lowest BCUT2D eigenvalue weighted by Crippen LogP contribution is -2.46. The molecule has 0 heterocycles. The van der Waals surface area contributed by atoms with Gasteiger partial charge in [0.2, 0.25) is 0 Å². The van der Waals surface area contributed by atoms with Crippen molar-refractivity contribution in [3.63, 3.8) is 0 Å². The van der Waals surface area contributed by atoms with Crippen molar-refractivity contribution in [2.45, 2.75) is 18.9 Å². The number of nitrogens with two attached hydrogens (primary N) is 2. The number of hydrogen-bond donors (Lipinski definition) is 4. The minimum Gasteiger partial charge on any atom is -0.506 e. The Kier molecular flexibility index (Phi) is 2.85. The smallest absolute Gasteiger partial charge is 0.323 e. The van der Waals surface area contributed by atoms with Crippen molar-refractivity contribution >= 4 is 11.7 Å². The highest BCUT2D eigenvalue weighted by Gasteiger charge is 2.28. The molecule has 0 unspecified atom stereocenters. The first kappa shape index (κ1) is 11.3. The predicted octanol–water partition coefficient (Wildman–Crippen LogP) is 0.319. The summed E-state index contributed by atoms with van der Waals surface area (Å²) in [6.07, 6.45) is 0.135. The molecule has 0 saturated heterocycles. The van der Waals surface area contributed by atoms with Gasteiger partial charge in [-0.05, 0) is 24.6 Å². The molecule has 0 fully saturated rings. The predicted molar refractivity (Wildman–Crippen MR) is 56.5 cm³/mol. The van der Waals surface area contributed by atoms with Gasteiger partial charge in [0.25, 0.3) is 0 Å². The van der Waals surface area contributed by atoms with E-state index in [2.05, 4.69) is 0 Å². The molecule has 1 aromatic rings. The van der Waals surface area contributed by atoms with E-state index in [0.717, 1.165) is 0 Å². The van der Waals surface area contributed by atoms with Gasteiger partial charge >= 0.3 is 5.97 Å². The lowest BCUT2D eigenvalue weighted by molar-refractivity contribution is -0.142. The Morgan fingerprint density at radius 2 is 2.13 bits per heavy atom. The zero-order chi connectivity index (χ0) is 11.6. The number of nitrogen functional groups attached to an aromatic ring is 1. The van der Waals surface area contributed by atoms with Gasteiger partial charge < -0.3 is 21.7 Å². The molecule has 1 rings (SSSR count). The summed E-state index contributed by atoms with van der Waals surface area (Å²) in [6, 6.07) is 4.58. The quantitative estimate of drug-likeness (QED) is 0.424. The van der Waals surface area contributed by atoms with Crippen molar-refractivity contribution in [2.75, 3.05) is 5.73 Å². The molecule has 0 amide bonds. The van der Waals surface area contributed by atoms with Crippen LogP contribution >= 0.6 is 0 Å². The number of carbonyl (C=O) groups is 1. The molecule has 0 saturated carbocycles. The minimum atomic E-state index is -1.34. The van der Waals surface area contributed by atoms with Crippen LogP contribution in [0.1, 0.15) is 12.5 Å². The van der Waals surface area contributed by atoms with Crippen LogP contribution in [0.25, 0.3) is 0 Å². The Morgan fingerprint density at radius 3 is 2.60 bits per heavy atom. The highest BCUT2D eigenvalue weighted by molar-refractivity contribution is 5.78. The van der Waals surface area contributed by atoms with Crippen LogP contribution in [-0.2, 0) is 11.2 Å². The summed E-state index contributed by atoms with van der Waals surface area (Å²) >= 11 is 0. The third kappa shape index (κ3) is 2.60. The summed E-state index contributed by atoms with van der Waals surface area (Å²) in [5, 5.41) is 18.1. The average molecular weight is 210 g/mol. The van der Waals surface area contributed by atoms with Gasteiger partial charge in [-0.25, -0.2) is 0 Å². The zero-order valence-electron chi connectivity index (χ0n) is 8.40. The Balaban J connectivity index is 2.91. The second kappa shape index (κ2) is 3.78. The molecule has 1 aromatic carbocycles. The van der Waals surface area contributed by atoms with Crippen molar-refractivity contribution < 1.29 is 15.0 Å². The van der Waals surface area contributed by atoms with Crippen molar-refractivity contribution in [3.8, 4) is 5.75 Å². The number of hydrogen-bond acceptors (Lipinski definition) is 4. The van der Waals surface area contributed by atoms with Gasteiger partial charge in [-0.15, -0.1) is 0 Å². The topological polar surface area (TPSA) is 110 Å². The first-order valence-corrected chi connectivity index (χ1v) is 4.42. The van der Waals surface area contributed by atoms with Crippen LogP contribution in [0, 0.1) is 0 Å². The molecule has 82 valence electrons. The molecular formula is C10H14N2O3. The zero-order valence-corrected chi connectivity index (χ0v) is 8.40. The lowest BCUT2D eigenvalue weighted by Gasteiger charge is -2.19. The van der Waals surface area contributed by atoms with Crippen molar-refractivity contribution in [3.05, 3.63) is 23.8 Å². The Bertz CT molecular complexity index is 388. The van der Waals surface area contributed by atoms with Crippen LogP contribution in [0.4, 0.5) is 5.69 Å². The molecule has 0 radical (unpaired) electrons. The summed E-state index contributed by atoms with van der Waals surface area (Å²) in [6.45, 7) is 1.42. The first-order chi connectivity index (χ1) is 6.83. The molecule has 6 N–H and O–H groups in total. The summed E-state index contributed by atoms with van der Waals surface area (Å²) in [7, 11) is 0. The van der Waals surface area contributed by atoms with Crippen molar-refractivity contribution in [1.82, 2.24) is 0 Å². The number of carboxylic acid groups (broad SMARTS) is 1. The monoisotopic (exact) mass is 210 g/mol. The van der Waals surface area contributed by atoms with Crippen molar-refractivity contribution in [1.29, 1.82) is 0 Å². The summed E-state index contributed by atoms with van der Waals surface area (Å²) in [5.41, 5.74) is 10.5. The van der Waals surface area contributed by atoms with Gasteiger partial charge in [0.15, 0.2) is 0 Å². The molecule has 5 nitrogen and oxygen atoms in total. The van der Waals surface area contributed by atoms with Crippen molar-refractivity contribution in [2.24, 2.45) is 5.73 Å². The average Bonchev–Trinajstić information content (AvgIpc) is 2.10. The van der Waals surface area contributed by atoms with Crippen LogP contribution in [0.15, 0.2) is 18.2 Å². The van der Waals surface area contributed by atoms with Gasteiger partial charge in [0.05, 0.1) is 5.69 Å². The number of anilines is 1. The standard InChI is InChI=1S/C10H14N2O3/c1-10(12,9(14)15)5-6-2-3-7(11)8(13)4-6/h2-4,13H,5,11-12H2,1H3,(H,14,15)/t10-/m0/s1. The second-order valence-corrected chi connectivity index (χ2v) is 3.79. The fourth-order valence-electron chi connectivity index (χ4n) is 1.20. The molecule has 0 aliphatic heterocycles. The van der Waals surface area contributed by atoms with E-state index in [9.17, 15) is 9.90 Å². The lowest BCUT2D eigenvalue weighted by atomic mass is 9.94. The van der Waals surface area contributed by atoms with Crippen LogP contribution in [0.5, 0.6) is 5.75 Å². The number of aromatic hydroxyl groups is 1. The SMILES string of the molecule is C[C@](N)(Cc1ccc(N)c(O)c1)C(=O)O. The fourth-order valence-corrected chi connectivity index (χ4v) is 1.20. The molecule has 0 bridgehead atoms. The number of phenols is 1. The minimum absolute atomic E-state index is 0.0614. The van der Waals surface area contributed by atoms with Gasteiger partial charge in [0.1, 0.15) is 11.3 Å². The summed E-state index contributed by atoms with van der Waals surface area (Å²) in [4.78, 5) is 10.8. The van der Waals surface area contributed by atoms with Gasteiger partial charge in [-0.3, -0.25) is 4.79 Å². The molecule has 5 heteroatoms. The fraction of sp³-hybridized carbons (Fsp3) is 0.300. The van der Waals surface area contributed by atoms with Gasteiger partial charge in [0, 0.05) is 6.42 Å². The number of benzene rings is 1. The van der Waals surface area contributed by atoms with Crippen LogP contribution in [0.2, 0.25) is 0 Å². The van der Waals surface area contributed by atoms with Gasteiger partial charge in [-0.1, -0.05) is 6.07 Å². The molecule has 0 aliphatic rings. The first-order valence-electron chi connectivity index (χ1n) is 4.42. The molecule has 0 aromatic heterocycles. The highest BCUT2D eigenvalue weighted by atomic mass is 16.4. The maximum absolute atomic E-state index is 10.8. The highest BCUT2D eigenvalue weighted by Crippen LogP contribution is 2.22. The molecule has 0 aliphatic carbocycles. The normalized spacial score (nSPS) is 14.5. The summed E-state index contributed by atoms with van der Waals surface area (Å²) < 4.78 is 0. The number of aliphatic carboxylic acids is 1. The van der Waals surface area contributed by atoms with Gasteiger partial charge in [-0.2, -0.15) is 0 Å². The number of rotatable bonds is 3. The van der Waals surface area contributed by atoms with E-state index < -0.39 is 11.5 Å². The Hall–Kier alpha value is -1.75. The van der Waals surface area contributed by atoms with E-state index >= 15 is 0 Å². The molecule has 15 heavy (non-hydrogen) atoms. The number of carboxylic acids is 1. The molecule has 0 spiro atoms. The van der Waals surface area contributed by atoms with Crippen LogP contribution in [0.3, 0.4) is 0 Å². The van der Waals surface area contributed by atoms with Crippen LogP contribution in [-0.4, -0.2) is 21.7 Å². The van der Waals surface area contributed by atoms with Crippen LogP contribution < -0.4 is 11.5 Å². The van der Waals surface area contributed by atoms with E-state index in [1.54, 1.807) is 6.07 Å². The maximum Gasteiger partial charge on any atom is 0.323 e. The van der Waals surface area contributed by atoms with E-state index in [4.69, 9.17) is 16.6 Å². The number of phenolic OH excluding ortho intramolecular Hbond substituents is 1. The maximum atomic E-state index is 10.8. The van der Waals surface area contributed by atoms with E-state index in [0.29, 0.717) is 5.56 Å². The van der Waals surface area contributed by atoms with E-state index in [-0.39, 0.29) is 17.9 Å². The third-order valence-electron chi connectivity index (χ3n) is 2.15. The second-order valence-electron chi connectivity index (χ2n) is 3.79. The molecule has 1 atom stereocenters. The summed E-state index contributed by atoms with van der Waals surface area (Å²) in [5.74, 6) is -1.15. The Morgan fingerprint density at radius 1 is 1.53 bits per heavy atom.